The number of anilines is 1. The molecule has 3 N–H and O–H groups in total. The first-order valence-corrected chi connectivity index (χ1v) is 7.48. The average molecular weight is 289 g/mol. The fourth-order valence-electron chi connectivity index (χ4n) is 1.93. The zero-order valence-corrected chi connectivity index (χ0v) is 12.8. The molecule has 1 aromatic rings. The molecule has 3 amide bonds. The summed E-state index contributed by atoms with van der Waals surface area (Å²) in [5.74, 6) is -0.0820. The number of nitrogens with one attached hydrogen (secondary N) is 3. The normalized spacial score (nSPS) is 15.2. The van der Waals surface area contributed by atoms with Crippen LogP contribution in [0.2, 0.25) is 0 Å². The number of hydrogen-bond donors (Lipinski definition) is 3. The summed E-state index contributed by atoms with van der Waals surface area (Å²) in [6.45, 7) is 5.89. The standard InChI is InChI=1S/C16H23N3O2/c1-4-11(3)17-15(20)12-5-8-14(10(2)9-12)19-16(21)18-13-6-7-13/h5,8-9,11,13H,4,6-7H2,1-3H3,(H,17,20)(H2,18,19,21)/t11-/m1/s1. The number of carbonyl (C=O) groups is 2. The molecule has 1 aliphatic rings. The molecule has 1 fully saturated rings. The zero-order chi connectivity index (χ0) is 15.4. The van der Waals surface area contributed by atoms with Crippen LogP contribution in [-0.4, -0.2) is 24.0 Å². The Hall–Kier alpha value is -2.04. The molecule has 1 atom stereocenters. The van der Waals surface area contributed by atoms with Gasteiger partial charge in [-0.1, -0.05) is 6.92 Å². The molecule has 0 aliphatic heterocycles. The largest absolute Gasteiger partial charge is 0.350 e. The van der Waals surface area contributed by atoms with E-state index in [9.17, 15) is 9.59 Å². The van der Waals surface area contributed by atoms with Crippen molar-refractivity contribution >= 4 is 17.6 Å². The lowest BCUT2D eigenvalue weighted by Gasteiger charge is -2.13. The van der Waals surface area contributed by atoms with Gasteiger partial charge in [-0.3, -0.25) is 4.79 Å². The van der Waals surface area contributed by atoms with Gasteiger partial charge in [0.2, 0.25) is 0 Å². The highest BCUT2D eigenvalue weighted by Gasteiger charge is 2.23. The van der Waals surface area contributed by atoms with Gasteiger partial charge in [0.25, 0.3) is 5.91 Å². The van der Waals surface area contributed by atoms with Crippen LogP contribution in [0.3, 0.4) is 0 Å². The van der Waals surface area contributed by atoms with Gasteiger partial charge in [0.15, 0.2) is 0 Å². The van der Waals surface area contributed by atoms with Gasteiger partial charge in [-0.15, -0.1) is 0 Å². The third-order valence-corrected chi connectivity index (χ3v) is 3.64. The predicted molar refractivity (Wildman–Crippen MR) is 83.6 cm³/mol. The van der Waals surface area contributed by atoms with Gasteiger partial charge in [-0.25, -0.2) is 4.79 Å². The van der Waals surface area contributed by atoms with Crippen LogP contribution >= 0.6 is 0 Å². The summed E-state index contributed by atoms with van der Waals surface area (Å²) in [6.07, 6.45) is 3.01. The Bertz CT molecular complexity index is 538. The summed E-state index contributed by atoms with van der Waals surface area (Å²) in [5, 5.41) is 8.62. The Morgan fingerprint density at radius 2 is 2.05 bits per heavy atom. The van der Waals surface area contributed by atoms with E-state index in [0.717, 1.165) is 30.5 Å². The maximum Gasteiger partial charge on any atom is 0.319 e. The predicted octanol–water partition coefficient (Wildman–Crippen LogP) is 2.81. The number of benzene rings is 1. The number of urea groups is 1. The molecule has 21 heavy (non-hydrogen) atoms. The van der Waals surface area contributed by atoms with Crippen molar-refractivity contribution in [3.8, 4) is 0 Å². The number of aryl methyl sites for hydroxylation is 1. The van der Waals surface area contributed by atoms with Crippen LogP contribution in [0.5, 0.6) is 0 Å². The Balaban J connectivity index is 1.99. The molecule has 1 aromatic carbocycles. The van der Waals surface area contributed by atoms with E-state index in [4.69, 9.17) is 0 Å². The monoisotopic (exact) mass is 289 g/mol. The van der Waals surface area contributed by atoms with Crippen LogP contribution in [-0.2, 0) is 0 Å². The Morgan fingerprint density at radius 1 is 1.33 bits per heavy atom. The Morgan fingerprint density at radius 3 is 2.62 bits per heavy atom. The smallest absolute Gasteiger partial charge is 0.319 e. The first-order chi connectivity index (χ1) is 9.99. The molecule has 114 valence electrons. The molecule has 1 aliphatic carbocycles. The molecule has 0 unspecified atom stereocenters. The van der Waals surface area contributed by atoms with E-state index < -0.39 is 0 Å². The fourth-order valence-corrected chi connectivity index (χ4v) is 1.93. The lowest BCUT2D eigenvalue weighted by atomic mass is 10.1. The van der Waals surface area contributed by atoms with Crippen molar-refractivity contribution < 1.29 is 9.59 Å². The Kier molecular flexibility index (Phi) is 4.83. The molecule has 5 nitrogen and oxygen atoms in total. The van der Waals surface area contributed by atoms with Gasteiger partial charge >= 0.3 is 6.03 Å². The van der Waals surface area contributed by atoms with Crippen LogP contribution in [0.1, 0.15) is 49.0 Å². The first-order valence-electron chi connectivity index (χ1n) is 7.48. The van der Waals surface area contributed by atoms with Crippen molar-refractivity contribution in [2.24, 2.45) is 0 Å². The Labute approximate surface area is 125 Å². The van der Waals surface area contributed by atoms with Gasteiger partial charge in [-0.05, 0) is 56.9 Å². The minimum atomic E-state index is -0.183. The van der Waals surface area contributed by atoms with E-state index in [2.05, 4.69) is 16.0 Å². The minimum Gasteiger partial charge on any atom is -0.350 e. The summed E-state index contributed by atoms with van der Waals surface area (Å²) in [4.78, 5) is 23.8. The van der Waals surface area contributed by atoms with Crippen molar-refractivity contribution in [1.29, 1.82) is 0 Å². The van der Waals surface area contributed by atoms with Gasteiger partial charge < -0.3 is 16.0 Å². The highest BCUT2D eigenvalue weighted by molar-refractivity contribution is 5.96. The number of amides is 3. The minimum absolute atomic E-state index is 0.0820. The van der Waals surface area contributed by atoms with Gasteiger partial charge in [0.05, 0.1) is 0 Å². The molecule has 0 spiro atoms. The molecule has 1 saturated carbocycles. The maximum atomic E-state index is 12.0. The molecule has 0 bridgehead atoms. The van der Waals surface area contributed by atoms with Crippen LogP contribution in [0.15, 0.2) is 18.2 Å². The summed E-state index contributed by atoms with van der Waals surface area (Å²) in [5.41, 5.74) is 2.21. The molecular weight excluding hydrogens is 266 g/mol. The van der Waals surface area contributed by atoms with E-state index in [1.165, 1.54) is 0 Å². The van der Waals surface area contributed by atoms with Gasteiger partial charge in [0, 0.05) is 23.3 Å². The van der Waals surface area contributed by atoms with E-state index in [-0.39, 0.29) is 18.0 Å². The lowest BCUT2D eigenvalue weighted by molar-refractivity contribution is 0.0939. The molecule has 0 saturated heterocycles. The van der Waals surface area contributed by atoms with Gasteiger partial charge in [-0.2, -0.15) is 0 Å². The first kappa shape index (κ1) is 15.4. The topological polar surface area (TPSA) is 70.2 Å². The number of carbonyl (C=O) groups excluding carboxylic acids is 2. The van der Waals surface area contributed by atoms with Crippen molar-refractivity contribution in [3.05, 3.63) is 29.3 Å². The third kappa shape index (κ3) is 4.48. The van der Waals surface area contributed by atoms with Crippen LogP contribution in [0.4, 0.5) is 10.5 Å². The van der Waals surface area contributed by atoms with Crippen molar-refractivity contribution in [3.63, 3.8) is 0 Å². The van der Waals surface area contributed by atoms with Crippen LogP contribution in [0.25, 0.3) is 0 Å². The van der Waals surface area contributed by atoms with E-state index >= 15 is 0 Å². The zero-order valence-electron chi connectivity index (χ0n) is 12.8. The molecule has 0 aromatic heterocycles. The lowest BCUT2D eigenvalue weighted by Crippen LogP contribution is -2.32. The number of hydrogen-bond acceptors (Lipinski definition) is 2. The second-order valence-electron chi connectivity index (χ2n) is 5.69. The van der Waals surface area contributed by atoms with E-state index in [0.29, 0.717) is 11.6 Å². The second-order valence-corrected chi connectivity index (χ2v) is 5.69. The molecule has 0 heterocycles. The van der Waals surface area contributed by atoms with E-state index in [1.54, 1.807) is 18.2 Å². The molecular formula is C16H23N3O2. The van der Waals surface area contributed by atoms with Crippen molar-refractivity contribution in [2.45, 2.75) is 52.1 Å². The maximum absolute atomic E-state index is 12.0. The number of rotatable bonds is 5. The summed E-state index contributed by atoms with van der Waals surface area (Å²) in [7, 11) is 0. The van der Waals surface area contributed by atoms with E-state index in [1.807, 2.05) is 20.8 Å². The average Bonchev–Trinajstić information content (AvgIpc) is 3.24. The summed E-state index contributed by atoms with van der Waals surface area (Å²) < 4.78 is 0. The molecule has 5 heteroatoms. The highest BCUT2D eigenvalue weighted by Crippen LogP contribution is 2.20. The summed E-state index contributed by atoms with van der Waals surface area (Å²) >= 11 is 0. The van der Waals surface area contributed by atoms with Crippen LogP contribution < -0.4 is 16.0 Å². The van der Waals surface area contributed by atoms with Crippen LogP contribution in [0, 0.1) is 6.92 Å². The van der Waals surface area contributed by atoms with Crippen molar-refractivity contribution in [2.75, 3.05) is 5.32 Å². The summed E-state index contributed by atoms with van der Waals surface area (Å²) in [6, 6.07) is 5.60. The molecule has 0 radical (unpaired) electrons. The second kappa shape index (κ2) is 6.61. The van der Waals surface area contributed by atoms with Crippen molar-refractivity contribution in [1.82, 2.24) is 10.6 Å². The van der Waals surface area contributed by atoms with Gasteiger partial charge in [0.1, 0.15) is 0 Å². The third-order valence-electron chi connectivity index (χ3n) is 3.64. The fraction of sp³-hybridized carbons (Fsp3) is 0.500. The quantitative estimate of drug-likeness (QED) is 0.780. The highest BCUT2D eigenvalue weighted by atomic mass is 16.2. The SMILES string of the molecule is CC[C@@H](C)NC(=O)c1ccc(NC(=O)NC2CC2)c(C)c1. The molecule has 2 rings (SSSR count).